The summed E-state index contributed by atoms with van der Waals surface area (Å²) in [7, 11) is 0. The highest BCUT2D eigenvalue weighted by atomic mass is 79.9. The van der Waals surface area contributed by atoms with Gasteiger partial charge < -0.3 is 5.32 Å². The van der Waals surface area contributed by atoms with Crippen LogP contribution < -0.4 is 5.32 Å². The van der Waals surface area contributed by atoms with E-state index in [1.807, 2.05) is 0 Å². The Hall–Kier alpha value is -1.12. The van der Waals surface area contributed by atoms with Crippen molar-refractivity contribution >= 4 is 15.9 Å². The van der Waals surface area contributed by atoms with Crippen LogP contribution in [-0.4, -0.2) is 0 Å². The van der Waals surface area contributed by atoms with Crippen molar-refractivity contribution in [1.29, 1.82) is 0 Å². The van der Waals surface area contributed by atoms with Crippen molar-refractivity contribution in [2.45, 2.75) is 32.9 Å². The monoisotopic (exact) mass is 317 g/mol. The standard InChI is InChI=1S/C17H20BrN/c1-13(2)16-7-3-14(4-8-16)11-19-12-15-5-9-17(18)10-6-15/h3-10,13,19H,11-12H2,1-2H3. The predicted octanol–water partition coefficient (Wildman–Crippen LogP) is 4.86. The van der Waals surface area contributed by atoms with E-state index in [0.29, 0.717) is 5.92 Å². The first-order valence-corrected chi connectivity index (χ1v) is 7.48. The van der Waals surface area contributed by atoms with Gasteiger partial charge in [-0.3, -0.25) is 0 Å². The van der Waals surface area contributed by atoms with Gasteiger partial charge in [0, 0.05) is 17.6 Å². The lowest BCUT2D eigenvalue weighted by atomic mass is 10.0. The first-order chi connectivity index (χ1) is 9.15. The molecule has 2 aromatic rings. The molecule has 0 radical (unpaired) electrons. The Kier molecular flexibility index (Phi) is 5.17. The summed E-state index contributed by atoms with van der Waals surface area (Å²) < 4.78 is 1.13. The predicted molar refractivity (Wildman–Crippen MR) is 85.2 cm³/mol. The minimum Gasteiger partial charge on any atom is -0.309 e. The molecule has 0 spiro atoms. The second-order valence-electron chi connectivity index (χ2n) is 5.13. The molecule has 0 amide bonds. The van der Waals surface area contributed by atoms with Crippen LogP contribution in [0.25, 0.3) is 0 Å². The SMILES string of the molecule is CC(C)c1ccc(CNCc2ccc(Br)cc2)cc1. The van der Waals surface area contributed by atoms with Gasteiger partial charge in [0.2, 0.25) is 0 Å². The highest BCUT2D eigenvalue weighted by Gasteiger charge is 1.99. The Morgan fingerprint density at radius 2 is 1.32 bits per heavy atom. The molecule has 0 heterocycles. The molecule has 2 heteroatoms. The molecule has 0 aliphatic heterocycles. The maximum atomic E-state index is 3.47. The van der Waals surface area contributed by atoms with Crippen molar-refractivity contribution in [2.24, 2.45) is 0 Å². The summed E-state index contributed by atoms with van der Waals surface area (Å²) in [5, 5.41) is 3.47. The van der Waals surface area contributed by atoms with E-state index in [0.717, 1.165) is 17.6 Å². The van der Waals surface area contributed by atoms with E-state index in [1.54, 1.807) is 0 Å². The van der Waals surface area contributed by atoms with Crippen LogP contribution in [0.15, 0.2) is 53.0 Å². The molecule has 1 nitrogen and oxygen atoms in total. The molecule has 0 atom stereocenters. The minimum atomic E-state index is 0.602. The fraction of sp³-hybridized carbons (Fsp3) is 0.294. The smallest absolute Gasteiger partial charge is 0.0208 e. The molecule has 0 bridgehead atoms. The highest BCUT2D eigenvalue weighted by Crippen LogP contribution is 2.15. The average molecular weight is 318 g/mol. The van der Waals surface area contributed by atoms with Crippen molar-refractivity contribution in [3.63, 3.8) is 0 Å². The molecule has 0 aliphatic carbocycles. The van der Waals surface area contributed by atoms with Crippen LogP contribution in [0.5, 0.6) is 0 Å². The van der Waals surface area contributed by atoms with Gasteiger partial charge >= 0.3 is 0 Å². The van der Waals surface area contributed by atoms with E-state index in [9.17, 15) is 0 Å². The van der Waals surface area contributed by atoms with Gasteiger partial charge in [0.15, 0.2) is 0 Å². The van der Waals surface area contributed by atoms with Crippen LogP contribution in [0.4, 0.5) is 0 Å². The Morgan fingerprint density at radius 3 is 1.79 bits per heavy atom. The first-order valence-electron chi connectivity index (χ1n) is 6.69. The number of benzene rings is 2. The third-order valence-electron chi connectivity index (χ3n) is 3.22. The van der Waals surface area contributed by atoms with Gasteiger partial charge in [-0.05, 0) is 34.7 Å². The van der Waals surface area contributed by atoms with Crippen molar-refractivity contribution in [2.75, 3.05) is 0 Å². The molecule has 19 heavy (non-hydrogen) atoms. The van der Waals surface area contributed by atoms with Gasteiger partial charge in [-0.15, -0.1) is 0 Å². The largest absolute Gasteiger partial charge is 0.309 e. The summed E-state index contributed by atoms with van der Waals surface area (Å²) in [5.74, 6) is 0.602. The fourth-order valence-electron chi connectivity index (χ4n) is 1.97. The number of hydrogen-bond acceptors (Lipinski definition) is 1. The first kappa shape index (κ1) is 14.3. The quantitative estimate of drug-likeness (QED) is 0.830. The second kappa shape index (κ2) is 6.88. The Labute approximate surface area is 124 Å². The second-order valence-corrected chi connectivity index (χ2v) is 6.04. The molecule has 0 saturated heterocycles. The lowest BCUT2D eigenvalue weighted by molar-refractivity contribution is 0.692. The third kappa shape index (κ3) is 4.48. The van der Waals surface area contributed by atoms with Crippen molar-refractivity contribution in [3.05, 3.63) is 69.7 Å². The Morgan fingerprint density at radius 1 is 0.842 bits per heavy atom. The minimum absolute atomic E-state index is 0.602. The zero-order chi connectivity index (χ0) is 13.7. The van der Waals surface area contributed by atoms with E-state index >= 15 is 0 Å². The molecule has 0 saturated carbocycles. The number of halogens is 1. The van der Waals surface area contributed by atoms with E-state index < -0.39 is 0 Å². The van der Waals surface area contributed by atoms with Gasteiger partial charge in [-0.2, -0.15) is 0 Å². The van der Waals surface area contributed by atoms with E-state index in [4.69, 9.17) is 0 Å². The molecule has 100 valence electrons. The maximum Gasteiger partial charge on any atom is 0.0208 e. The molecule has 2 rings (SSSR count). The zero-order valence-electron chi connectivity index (χ0n) is 11.5. The molecular formula is C17H20BrN. The molecule has 2 aromatic carbocycles. The van der Waals surface area contributed by atoms with Crippen molar-refractivity contribution < 1.29 is 0 Å². The molecule has 0 aromatic heterocycles. The maximum absolute atomic E-state index is 3.47. The van der Waals surface area contributed by atoms with Gasteiger partial charge in [-0.25, -0.2) is 0 Å². The summed E-state index contributed by atoms with van der Waals surface area (Å²) in [6, 6.07) is 17.3. The summed E-state index contributed by atoms with van der Waals surface area (Å²) in [6.45, 7) is 6.26. The summed E-state index contributed by atoms with van der Waals surface area (Å²) >= 11 is 3.45. The van der Waals surface area contributed by atoms with Gasteiger partial charge in [0.25, 0.3) is 0 Å². The van der Waals surface area contributed by atoms with E-state index in [-0.39, 0.29) is 0 Å². The summed E-state index contributed by atoms with van der Waals surface area (Å²) in [4.78, 5) is 0. The van der Waals surface area contributed by atoms with Crippen LogP contribution in [0.2, 0.25) is 0 Å². The lowest BCUT2D eigenvalue weighted by Gasteiger charge is -2.08. The number of hydrogen-bond donors (Lipinski definition) is 1. The van der Waals surface area contributed by atoms with Crippen LogP contribution in [-0.2, 0) is 13.1 Å². The molecule has 0 fully saturated rings. The topological polar surface area (TPSA) is 12.0 Å². The zero-order valence-corrected chi connectivity index (χ0v) is 13.1. The summed E-state index contributed by atoms with van der Waals surface area (Å²) in [6.07, 6.45) is 0. The molecule has 0 aliphatic rings. The molecule has 1 N–H and O–H groups in total. The average Bonchev–Trinajstić information content (AvgIpc) is 2.41. The molecular weight excluding hydrogens is 298 g/mol. The Balaban J connectivity index is 1.83. The fourth-order valence-corrected chi connectivity index (χ4v) is 2.24. The highest BCUT2D eigenvalue weighted by molar-refractivity contribution is 9.10. The van der Waals surface area contributed by atoms with E-state index in [1.165, 1.54) is 16.7 Å². The van der Waals surface area contributed by atoms with Crippen molar-refractivity contribution in [1.82, 2.24) is 5.32 Å². The normalized spacial score (nSPS) is 10.9. The summed E-state index contributed by atoms with van der Waals surface area (Å²) in [5.41, 5.74) is 4.04. The lowest BCUT2D eigenvalue weighted by Crippen LogP contribution is -2.12. The van der Waals surface area contributed by atoms with Crippen LogP contribution in [0.3, 0.4) is 0 Å². The van der Waals surface area contributed by atoms with Crippen LogP contribution >= 0.6 is 15.9 Å². The van der Waals surface area contributed by atoms with Crippen LogP contribution in [0, 0.1) is 0 Å². The third-order valence-corrected chi connectivity index (χ3v) is 3.75. The van der Waals surface area contributed by atoms with Gasteiger partial charge in [0.05, 0.1) is 0 Å². The van der Waals surface area contributed by atoms with Crippen LogP contribution in [0.1, 0.15) is 36.5 Å². The molecule has 0 unspecified atom stereocenters. The van der Waals surface area contributed by atoms with Crippen molar-refractivity contribution in [3.8, 4) is 0 Å². The van der Waals surface area contributed by atoms with E-state index in [2.05, 4.69) is 83.6 Å². The number of rotatable bonds is 5. The van der Waals surface area contributed by atoms with Gasteiger partial charge in [-0.1, -0.05) is 66.2 Å². The van der Waals surface area contributed by atoms with Gasteiger partial charge in [0.1, 0.15) is 0 Å². The Bertz CT molecular complexity index is 500. The number of nitrogens with one attached hydrogen (secondary N) is 1.